The minimum Gasteiger partial charge on any atom is -0.345 e. The molecule has 1 spiro atoms. The average molecular weight is 521 g/mol. The largest absolute Gasteiger partial charge is 0.405 e. The maximum absolute atomic E-state index is 13.6. The molecule has 3 amide bonds. The number of aromatic amines is 1. The number of likely N-dealkylation sites (tertiary alicyclic amines) is 1. The van der Waals surface area contributed by atoms with Gasteiger partial charge in [-0.2, -0.15) is 18.3 Å². The number of piperidine rings is 1. The number of halogens is 4. The van der Waals surface area contributed by atoms with Gasteiger partial charge < -0.3 is 15.1 Å². The standard InChI is InChI=1S/C23H20ClF3N6O3/c24-15-2-1-3-16-18(15)22(21(36)33(16)11-17(34)29-12-23(25,26)27)4-6-32(7-5-22)20(35)14-8-13-10-30-31-19(13)28-9-14/h1-3,8-10H,4-7,11-12H2,(H,29,34)(H,28,30,31). The Kier molecular flexibility index (Phi) is 5.86. The van der Waals surface area contributed by atoms with Crippen LogP contribution in [0.25, 0.3) is 11.0 Å². The van der Waals surface area contributed by atoms with Crippen LogP contribution < -0.4 is 10.2 Å². The summed E-state index contributed by atoms with van der Waals surface area (Å²) in [5.74, 6) is -1.59. The predicted octanol–water partition coefficient (Wildman–Crippen LogP) is 2.81. The monoisotopic (exact) mass is 520 g/mol. The number of hydrogen-bond acceptors (Lipinski definition) is 5. The van der Waals surface area contributed by atoms with Crippen LogP contribution in [0.4, 0.5) is 18.9 Å². The number of nitrogens with zero attached hydrogens (tertiary/aromatic N) is 4. The molecule has 0 unspecified atom stereocenters. The van der Waals surface area contributed by atoms with Gasteiger partial charge in [0.15, 0.2) is 5.65 Å². The van der Waals surface area contributed by atoms with Gasteiger partial charge >= 0.3 is 6.18 Å². The van der Waals surface area contributed by atoms with Crippen LogP contribution in [0.3, 0.4) is 0 Å². The summed E-state index contributed by atoms with van der Waals surface area (Å²) in [4.78, 5) is 46.0. The van der Waals surface area contributed by atoms with Crippen LogP contribution in [0.1, 0.15) is 28.8 Å². The highest BCUT2D eigenvalue weighted by Crippen LogP contribution is 2.50. The second-order valence-corrected chi connectivity index (χ2v) is 9.23. The van der Waals surface area contributed by atoms with Crippen molar-refractivity contribution in [3.05, 3.63) is 52.8 Å². The smallest absolute Gasteiger partial charge is 0.345 e. The van der Waals surface area contributed by atoms with Gasteiger partial charge in [-0.1, -0.05) is 17.7 Å². The number of alkyl halides is 3. The van der Waals surface area contributed by atoms with Gasteiger partial charge in [0.2, 0.25) is 11.8 Å². The molecule has 4 heterocycles. The topological polar surface area (TPSA) is 111 Å². The van der Waals surface area contributed by atoms with Gasteiger partial charge in [-0.05, 0) is 31.0 Å². The zero-order valence-electron chi connectivity index (χ0n) is 18.7. The van der Waals surface area contributed by atoms with Crippen molar-refractivity contribution in [1.82, 2.24) is 25.4 Å². The zero-order chi connectivity index (χ0) is 25.7. The molecule has 1 fully saturated rings. The molecule has 0 saturated carbocycles. The Morgan fingerprint density at radius 3 is 2.67 bits per heavy atom. The molecule has 13 heteroatoms. The Morgan fingerprint density at radius 2 is 1.94 bits per heavy atom. The minimum absolute atomic E-state index is 0.242. The Bertz CT molecular complexity index is 1370. The number of benzene rings is 1. The average Bonchev–Trinajstić information content (AvgIpc) is 3.40. The second kappa shape index (κ2) is 8.77. The molecule has 9 nitrogen and oxygen atoms in total. The van der Waals surface area contributed by atoms with Crippen molar-refractivity contribution in [2.75, 3.05) is 31.1 Å². The number of aromatic nitrogens is 3. The molecular weight excluding hydrogens is 501 g/mol. The maximum Gasteiger partial charge on any atom is 0.405 e. The fourth-order valence-corrected chi connectivity index (χ4v) is 5.28. The summed E-state index contributed by atoms with van der Waals surface area (Å²) in [5, 5.41) is 9.45. The van der Waals surface area contributed by atoms with Gasteiger partial charge in [0.05, 0.1) is 22.9 Å². The lowest BCUT2D eigenvalue weighted by molar-refractivity contribution is -0.138. The molecular formula is C23H20ClF3N6O3. The highest BCUT2D eigenvalue weighted by atomic mass is 35.5. The number of pyridine rings is 1. The van der Waals surface area contributed by atoms with Crippen molar-refractivity contribution in [2.24, 2.45) is 0 Å². The van der Waals surface area contributed by atoms with E-state index < -0.39 is 36.5 Å². The first-order valence-corrected chi connectivity index (χ1v) is 11.5. The summed E-state index contributed by atoms with van der Waals surface area (Å²) in [6.07, 6.45) is -1.04. The van der Waals surface area contributed by atoms with Gasteiger partial charge in [0.25, 0.3) is 5.91 Å². The van der Waals surface area contributed by atoms with Crippen LogP contribution in [0, 0.1) is 0 Å². The van der Waals surface area contributed by atoms with Crippen LogP contribution in [0.2, 0.25) is 5.02 Å². The number of anilines is 1. The number of amides is 3. The number of hydrogen-bond donors (Lipinski definition) is 2. The summed E-state index contributed by atoms with van der Waals surface area (Å²) in [7, 11) is 0. The van der Waals surface area contributed by atoms with Gasteiger partial charge in [-0.25, -0.2) is 4.98 Å². The molecule has 0 aliphatic carbocycles. The fraction of sp³-hybridized carbons (Fsp3) is 0.348. The molecule has 36 heavy (non-hydrogen) atoms. The van der Waals surface area contributed by atoms with E-state index in [4.69, 9.17) is 11.6 Å². The molecule has 0 atom stereocenters. The quantitative estimate of drug-likeness (QED) is 0.549. The molecule has 0 bridgehead atoms. The highest BCUT2D eigenvalue weighted by molar-refractivity contribution is 6.33. The third kappa shape index (κ3) is 4.15. The van der Waals surface area contributed by atoms with Crippen molar-refractivity contribution in [2.45, 2.75) is 24.4 Å². The second-order valence-electron chi connectivity index (χ2n) is 8.82. The van der Waals surface area contributed by atoms with E-state index in [0.717, 1.165) is 0 Å². The van der Waals surface area contributed by atoms with E-state index in [1.165, 1.54) is 11.1 Å². The first-order chi connectivity index (χ1) is 17.1. The fourth-order valence-electron chi connectivity index (χ4n) is 4.93. The number of carbonyl (C=O) groups excluding carboxylic acids is 3. The van der Waals surface area contributed by atoms with Gasteiger partial charge in [0.1, 0.15) is 13.1 Å². The molecule has 2 aliphatic rings. The Morgan fingerprint density at radius 1 is 1.19 bits per heavy atom. The van der Waals surface area contributed by atoms with Crippen LogP contribution >= 0.6 is 11.6 Å². The van der Waals surface area contributed by atoms with E-state index in [-0.39, 0.29) is 31.8 Å². The highest BCUT2D eigenvalue weighted by Gasteiger charge is 2.54. The van der Waals surface area contributed by atoms with Crippen LogP contribution in [-0.2, 0) is 15.0 Å². The summed E-state index contributed by atoms with van der Waals surface area (Å²) in [5.41, 5.74) is 0.796. The summed E-state index contributed by atoms with van der Waals surface area (Å²) < 4.78 is 37.5. The molecule has 0 radical (unpaired) electrons. The zero-order valence-corrected chi connectivity index (χ0v) is 19.5. The maximum atomic E-state index is 13.6. The number of nitrogens with one attached hydrogen (secondary N) is 2. The van der Waals surface area contributed by atoms with E-state index in [0.29, 0.717) is 32.9 Å². The Balaban J connectivity index is 1.36. The Labute approximate surface area is 207 Å². The van der Waals surface area contributed by atoms with Gasteiger partial charge in [-0.15, -0.1) is 0 Å². The van der Waals surface area contributed by atoms with Crippen LogP contribution in [-0.4, -0.2) is 70.2 Å². The van der Waals surface area contributed by atoms with Gasteiger partial charge in [-0.3, -0.25) is 19.5 Å². The van der Waals surface area contributed by atoms with E-state index in [1.54, 1.807) is 40.7 Å². The van der Waals surface area contributed by atoms with Crippen molar-refractivity contribution in [3.8, 4) is 0 Å². The molecule has 3 aromatic rings. The van der Waals surface area contributed by atoms with Crippen molar-refractivity contribution >= 4 is 46.0 Å². The minimum atomic E-state index is -4.57. The number of carbonyl (C=O) groups is 3. The number of H-pyrrole nitrogens is 1. The molecule has 1 saturated heterocycles. The molecule has 188 valence electrons. The SMILES string of the molecule is O=C(CN1C(=O)C2(CCN(C(=O)c3cnc4[nH]ncc4c3)CC2)c2c(Cl)cccc21)NCC(F)(F)F. The lowest BCUT2D eigenvalue weighted by atomic mass is 9.73. The van der Waals surface area contributed by atoms with Crippen molar-refractivity contribution < 1.29 is 27.6 Å². The first-order valence-electron chi connectivity index (χ1n) is 11.1. The molecule has 2 aliphatic heterocycles. The first kappa shape index (κ1) is 24.0. The normalized spacial score (nSPS) is 17.1. The third-order valence-corrected chi connectivity index (χ3v) is 6.96. The summed E-state index contributed by atoms with van der Waals surface area (Å²) in [6, 6.07) is 6.55. The number of fused-ring (bicyclic) bond motifs is 3. The Hall–Kier alpha value is -3.67. The summed E-state index contributed by atoms with van der Waals surface area (Å²) >= 11 is 6.49. The molecule has 2 N–H and O–H groups in total. The van der Waals surface area contributed by atoms with Gasteiger partial charge in [0, 0.05) is 35.3 Å². The number of rotatable bonds is 4. The van der Waals surface area contributed by atoms with E-state index in [1.807, 2.05) is 0 Å². The van der Waals surface area contributed by atoms with Crippen molar-refractivity contribution in [3.63, 3.8) is 0 Å². The van der Waals surface area contributed by atoms with Crippen LogP contribution in [0.5, 0.6) is 0 Å². The van der Waals surface area contributed by atoms with E-state index >= 15 is 0 Å². The molecule has 1 aromatic carbocycles. The molecule has 5 rings (SSSR count). The van der Waals surface area contributed by atoms with Crippen molar-refractivity contribution in [1.29, 1.82) is 0 Å². The predicted molar refractivity (Wildman–Crippen MR) is 124 cm³/mol. The lowest BCUT2D eigenvalue weighted by Crippen LogP contribution is -2.51. The van der Waals surface area contributed by atoms with E-state index in [2.05, 4.69) is 15.2 Å². The summed E-state index contributed by atoms with van der Waals surface area (Å²) in [6.45, 7) is -1.57. The molecule has 2 aromatic heterocycles. The lowest BCUT2D eigenvalue weighted by Gasteiger charge is -2.38. The van der Waals surface area contributed by atoms with E-state index in [9.17, 15) is 27.6 Å². The third-order valence-electron chi connectivity index (χ3n) is 6.65. The van der Waals surface area contributed by atoms with Crippen LogP contribution in [0.15, 0.2) is 36.7 Å².